The molecule has 2 aromatic rings. The van der Waals surface area contributed by atoms with Crippen LogP contribution in [0.15, 0.2) is 47.7 Å². The number of rotatable bonds is 7. The zero-order valence-electron chi connectivity index (χ0n) is 15.7. The van der Waals surface area contributed by atoms with E-state index in [1.165, 1.54) is 4.57 Å². The van der Waals surface area contributed by atoms with Crippen molar-refractivity contribution in [2.24, 2.45) is 10.7 Å². The number of amides is 1. The van der Waals surface area contributed by atoms with Crippen LogP contribution >= 0.6 is 0 Å². The molecule has 5 nitrogen and oxygen atoms in total. The number of hydrogen-bond donors (Lipinski definition) is 1. The van der Waals surface area contributed by atoms with Gasteiger partial charge in [0.05, 0.1) is 6.54 Å². The second-order valence-electron chi connectivity index (χ2n) is 6.21. The van der Waals surface area contributed by atoms with Gasteiger partial charge < -0.3 is 15.2 Å². The second-order valence-corrected chi connectivity index (χ2v) is 6.21. The number of carbonyl (C=O) groups excluding carboxylic acids is 1. The summed E-state index contributed by atoms with van der Waals surface area (Å²) in [6.07, 6.45) is 5.29. The summed E-state index contributed by atoms with van der Waals surface area (Å²) in [7, 11) is 1.71. The highest BCUT2D eigenvalue weighted by Gasteiger charge is 2.10. The first kappa shape index (κ1) is 20.5. The Labute approximate surface area is 157 Å². The van der Waals surface area contributed by atoms with Crippen molar-refractivity contribution in [2.75, 3.05) is 13.6 Å². The molecule has 0 saturated carbocycles. The number of nitrogens with zero attached hydrogens (tertiary/aromatic N) is 3. The maximum Gasteiger partial charge on any atom is 0.236 e. The fourth-order valence-corrected chi connectivity index (χ4v) is 2.59. The predicted octanol–water partition coefficient (Wildman–Crippen LogP) is 3.38. The molecule has 0 saturated heterocycles. The maximum absolute atomic E-state index is 13.2. The summed E-state index contributed by atoms with van der Waals surface area (Å²) in [5.41, 5.74) is 8.15. The summed E-state index contributed by atoms with van der Waals surface area (Å²) in [4.78, 5) is 17.6. The monoisotopic (exact) mass is 374 g/mol. The average Bonchev–Trinajstić information content (AvgIpc) is 3.00. The molecule has 1 atom stereocenters. The second kappa shape index (κ2) is 9.23. The number of carbonyl (C=O) groups is 1. The summed E-state index contributed by atoms with van der Waals surface area (Å²) in [6, 6.07) is 7.75. The van der Waals surface area contributed by atoms with Crippen LogP contribution < -0.4 is 5.73 Å². The molecular formula is C20H24F2N4O. The standard InChI is InChI=1S/C20H24F2N4O/c1-4-16(10-24-14(2)26-12-18(21)19(22)13-26)17-7-5-6-15(8-17)11-25(3)20(27)9-23/h4-8,10,12-14H,9,11,23H2,1-3H3/b16-4+,24-10-. The molecule has 0 aliphatic carbocycles. The highest BCUT2D eigenvalue weighted by atomic mass is 19.2. The van der Waals surface area contributed by atoms with Gasteiger partial charge in [-0.25, -0.2) is 8.78 Å². The zero-order valence-corrected chi connectivity index (χ0v) is 15.7. The summed E-state index contributed by atoms with van der Waals surface area (Å²) < 4.78 is 27.7. The Bertz CT molecular complexity index is 838. The Morgan fingerprint density at radius 3 is 2.59 bits per heavy atom. The van der Waals surface area contributed by atoms with E-state index in [-0.39, 0.29) is 12.5 Å². The average molecular weight is 374 g/mol. The lowest BCUT2D eigenvalue weighted by atomic mass is 10.0. The Morgan fingerprint density at radius 1 is 1.33 bits per heavy atom. The first-order valence-electron chi connectivity index (χ1n) is 8.61. The van der Waals surface area contributed by atoms with Crippen molar-refractivity contribution >= 4 is 17.7 Å². The largest absolute Gasteiger partial charge is 0.340 e. The molecule has 1 heterocycles. The molecule has 2 rings (SSSR count). The van der Waals surface area contributed by atoms with E-state index in [1.54, 1.807) is 25.1 Å². The molecular weight excluding hydrogens is 350 g/mol. The summed E-state index contributed by atoms with van der Waals surface area (Å²) in [6.45, 7) is 4.06. The normalized spacial score (nSPS) is 13.2. The van der Waals surface area contributed by atoms with Gasteiger partial charge in [0, 0.05) is 32.2 Å². The van der Waals surface area contributed by atoms with Crippen LogP contribution in [0.2, 0.25) is 0 Å². The van der Waals surface area contributed by atoms with E-state index in [0.29, 0.717) is 6.54 Å². The minimum Gasteiger partial charge on any atom is -0.340 e. The molecule has 7 heteroatoms. The number of aromatic nitrogens is 1. The van der Waals surface area contributed by atoms with Crippen LogP contribution in [0, 0.1) is 11.6 Å². The Hall–Kier alpha value is -2.80. The van der Waals surface area contributed by atoms with Gasteiger partial charge in [0.25, 0.3) is 0 Å². The van der Waals surface area contributed by atoms with Crippen LogP contribution in [0.3, 0.4) is 0 Å². The molecule has 2 N–H and O–H groups in total. The number of likely N-dealkylation sites (N-methyl/N-ethyl adjacent to an activating group) is 1. The van der Waals surface area contributed by atoms with Crippen LogP contribution in [0.1, 0.15) is 31.1 Å². The minimum atomic E-state index is -0.896. The van der Waals surface area contributed by atoms with Crippen molar-refractivity contribution in [2.45, 2.75) is 26.6 Å². The SMILES string of the molecule is C/C=C(\C=N/C(C)n1cc(F)c(F)c1)c1cccc(CN(C)C(=O)CN)c1. The lowest BCUT2D eigenvalue weighted by molar-refractivity contribution is -0.128. The molecule has 0 fully saturated rings. The molecule has 0 spiro atoms. The quantitative estimate of drug-likeness (QED) is 0.755. The molecule has 144 valence electrons. The summed E-state index contributed by atoms with van der Waals surface area (Å²) in [5.74, 6) is -1.92. The van der Waals surface area contributed by atoms with Gasteiger partial charge in [0.1, 0.15) is 6.17 Å². The van der Waals surface area contributed by atoms with Crippen LogP contribution in [0.25, 0.3) is 5.57 Å². The van der Waals surface area contributed by atoms with Gasteiger partial charge in [-0.3, -0.25) is 9.79 Å². The number of hydrogen-bond acceptors (Lipinski definition) is 3. The van der Waals surface area contributed by atoms with Crippen molar-refractivity contribution in [1.29, 1.82) is 0 Å². The molecule has 1 aromatic carbocycles. The number of halogens is 2. The zero-order chi connectivity index (χ0) is 20.0. The molecule has 0 radical (unpaired) electrons. The molecule has 27 heavy (non-hydrogen) atoms. The van der Waals surface area contributed by atoms with E-state index in [9.17, 15) is 13.6 Å². The van der Waals surface area contributed by atoms with Gasteiger partial charge in [-0.2, -0.15) is 0 Å². The lowest BCUT2D eigenvalue weighted by Crippen LogP contribution is -2.32. The van der Waals surface area contributed by atoms with Crippen LogP contribution in [0.5, 0.6) is 0 Å². The summed E-state index contributed by atoms with van der Waals surface area (Å²) >= 11 is 0. The van der Waals surface area contributed by atoms with Gasteiger partial charge in [-0.05, 0) is 36.6 Å². The highest BCUT2D eigenvalue weighted by molar-refractivity contribution is 6.09. The van der Waals surface area contributed by atoms with Gasteiger partial charge in [-0.15, -0.1) is 0 Å². The van der Waals surface area contributed by atoms with Crippen molar-refractivity contribution in [1.82, 2.24) is 9.47 Å². The van der Waals surface area contributed by atoms with E-state index in [1.807, 2.05) is 37.3 Å². The first-order valence-corrected chi connectivity index (χ1v) is 8.61. The van der Waals surface area contributed by atoms with E-state index in [0.717, 1.165) is 29.1 Å². The third-order valence-electron chi connectivity index (χ3n) is 4.21. The molecule has 1 unspecified atom stereocenters. The third-order valence-corrected chi connectivity index (χ3v) is 4.21. The fourth-order valence-electron chi connectivity index (χ4n) is 2.59. The molecule has 0 bridgehead atoms. The van der Waals surface area contributed by atoms with Crippen LogP contribution in [0.4, 0.5) is 8.78 Å². The predicted molar refractivity (Wildman–Crippen MR) is 103 cm³/mol. The molecule has 0 aliphatic rings. The number of nitrogens with two attached hydrogens (primary N) is 1. The van der Waals surface area contributed by atoms with Gasteiger partial charge >= 0.3 is 0 Å². The van der Waals surface area contributed by atoms with E-state index in [2.05, 4.69) is 4.99 Å². The van der Waals surface area contributed by atoms with Crippen LogP contribution in [-0.4, -0.2) is 35.2 Å². The fraction of sp³-hybridized carbons (Fsp3) is 0.300. The Balaban J connectivity index is 2.15. The highest BCUT2D eigenvalue weighted by Crippen LogP contribution is 2.18. The lowest BCUT2D eigenvalue weighted by Gasteiger charge is -2.17. The van der Waals surface area contributed by atoms with Crippen molar-refractivity contribution in [3.63, 3.8) is 0 Å². The topological polar surface area (TPSA) is 63.6 Å². The minimum absolute atomic E-state index is 0.0264. The number of allylic oxidation sites excluding steroid dienone is 2. The number of aliphatic imine (C=N–C) groups is 1. The van der Waals surface area contributed by atoms with E-state index in [4.69, 9.17) is 5.73 Å². The van der Waals surface area contributed by atoms with Gasteiger partial charge in [0.15, 0.2) is 11.6 Å². The first-order chi connectivity index (χ1) is 12.8. The van der Waals surface area contributed by atoms with E-state index >= 15 is 0 Å². The Morgan fingerprint density at radius 2 is 2.00 bits per heavy atom. The van der Waals surface area contributed by atoms with Crippen molar-refractivity contribution in [3.05, 3.63) is 65.5 Å². The Kier molecular flexibility index (Phi) is 7.01. The molecule has 1 aromatic heterocycles. The third kappa shape index (κ3) is 5.34. The van der Waals surface area contributed by atoms with E-state index < -0.39 is 17.8 Å². The number of benzene rings is 1. The smallest absolute Gasteiger partial charge is 0.236 e. The molecule has 0 aliphatic heterocycles. The van der Waals surface area contributed by atoms with Crippen molar-refractivity contribution < 1.29 is 13.6 Å². The summed E-state index contributed by atoms with van der Waals surface area (Å²) in [5, 5.41) is 0. The van der Waals surface area contributed by atoms with Crippen LogP contribution in [-0.2, 0) is 11.3 Å². The van der Waals surface area contributed by atoms with Gasteiger partial charge in [-0.1, -0.05) is 24.3 Å². The van der Waals surface area contributed by atoms with Crippen molar-refractivity contribution in [3.8, 4) is 0 Å². The maximum atomic E-state index is 13.2. The van der Waals surface area contributed by atoms with Gasteiger partial charge in [0.2, 0.25) is 5.91 Å². The molecule has 1 amide bonds.